The lowest BCUT2D eigenvalue weighted by Crippen LogP contribution is -2.49. The smallest absolute Gasteiger partial charge is 0.267 e. The minimum absolute atomic E-state index is 0.0318. The summed E-state index contributed by atoms with van der Waals surface area (Å²) in [6, 6.07) is 6.73. The van der Waals surface area contributed by atoms with Crippen LogP contribution in [0.3, 0.4) is 0 Å². The molecule has 0 radical (unpaired) electrons. The molecule has 1 aliphatic rings. The van der Waals surface area contributed by atoms with Crippen molar-refractivity contribution in [2.75, 3.05) is 31.1 Å². The molecule has 1 saturated heterocycles. The molecule has 2 heterocycles. The summed E-state index contributed by atoms with van der Waals surface area (Å²) in [4.78, 5) is 16.7. The zero-order valence-corrected chi connectivity index (χ0v) is 12.4. The van der Waals surface area contributed by atoms with E-state index in [0.717, 1.165) is 11.5 Å². The van der Waals surface area contributed by atoms with E-state index >= 15 is 0 Å². The van der Waals surface area contributed by atoms with Crippen molar-refractivity contribution < 1.29 is 9.18 Å². The highest BCUT2D eigenvalue weighted by Crippen LogP contribution is 2.21. The Balaban J connectivity index is 1.67. The normalized spacial score (nSPS) is 15.3. The van der Waals surface area contributed by atoms with Crippen molar-refractivity contribution >= 4 is 23.1 Å². The molecule has 3 rings (SSSR count). The first-order valence-corrected chi connectivity index (χ1v) is 7.52. The number of anilines is 1. The molecular weight excluding hydrogens is 291 g/mol. The van der Waals surface area contributed by atoms with Crippen LogP contribution in [0, 0.1) is 12.7 Å². The Bertz CT molecular complexity index is 652. The second-order valence-corrected chi connectivity index (χ2v) is 5.67. The number of hydrogen-bond donors (Lipinski definition) is 0. The number of nitrogens with zero attached hydrogens (tertiary/aromatic N) is 4. The molecule has 2 aromatic rings. The summed E-state index contributed by atoms with van der Waals surface area (Å²) in [5, 5.41) is 3.87. The van der Waals surface area contributed by atoms with E-state index in [1.165, 1.54) is 6.07 Å². The van der Waals surface area contributed by atoms with Gasteiger partial charge in [0.2, 0.25) is 0 Å². The van der Waals surface area contributed by atoms with Gasteiger partial charge in [0.15, 0.2) is 0 Å². The third-order valence-corrected chi connectivity index (χ3v) is 4.42. The van der Waals surface area contributed by atoms with Crippen LogP contribution in [0.2, 0.25) is 0 Å². The molecule has 1 aromatic carbocycles. The van der Waals surface area contributed by atoms with Crippen LogP contribution in [0.25, 0.3) is 0 Å². The fraction of sp³-hybridized carbons (Fsp3) is 0.357. The van der Waals surface area contributed by atoms with Gasteiger partial charge in [-0.2, -0.15) is 0 Å². The molecule has 7 heteroatoms. The van der Waals surface area contributed by atoms with Gasteiger partial charge in [0, 0.05) is 26.2 Å². The van der Waals surface area contributed by atoms with Gasteiger partial charge in [0.1, 0.15) is 10.7 Å². The number of aromatic nitrogens is 2. The van der Waals surface area contributed by atoms with Crippen molar-refractivity contribution in [2.45, 2.75) is 6.92 Å². The minimum atomic E-state index is -0.222. The quantitative estimate of drug-likeness (QED) is 0.851. The zero-order chi connectivity index (χ0) is 14.8. The lowest BCUT2D eigenvalue weighted by atomic mass is 10.2. The average molecular weight is 306 g/mol. The number of hydrogen-bond acceptors (Lipinski definition) is 5. The molecule has 0 unspecified atom stereocenters. The molecule has 0 saturated carbocycles. The number of halogens is 1. The Morgan fingerprint density at radius 1 is 1.24 bits per heavy atom. The van der Waals surface area contributed by atoms with Crippen molar-refractivity contribution in [3.8, 4) is 0 Å². The van der Waals surface area contributed by atoms with E-state index < -0.39 is 0 Å². The van der Waals surface area contributed by atoms with Gasteiger partial charge in [-0.05, 0) is 30.6 Å². The first kappa shape index (κ1) is 13.9. The largest absolute Gasteiger partial charge is 0.366 e. The maximum absolute atomic E-state index is 13.8. The SMILES string of the molecule is Cc1nnsc1C(=O)N1CCN(c2ccccc2F)CC1. The summed E-state index contributed by atoms with van der Waals surface area (Å²) < 4.78 is 17.6. The molecule has 1 fully saturated rings. The molecule has 0 spiro atoms. The van der Waals surface area contributed by atoms with Gasteiger partial charge in [-0.15, -0.1) is 5.10 Å². The summed E-state index contributed by atoms with van der Waals surface area (Å²) >= 11 is 1.13. The third-order valence-electron chi connectivity index (χ3n) is 3.61. The summed E-state index contributed by atoms with van der Waals surface area (Å²) in [6.45, 7) is 4.18. The Kier molecular flexibility index (Phi) is 3.83. The summed E-state index contributed by atoms with van der Waals surface area (Å²) in [7, 11) is 0. The van der Waals surface area contributed by atoms with E-state index in [1.54, 1.807) is 24.0 Å². The van der Waals surface area contributed by atoms with E-state index in [1.807, 2.05) is 11.0 Å². The van der Waals surface area contributed by atoms with Crippen LogP contribution in [0.15, 0.2) is 24.3 Å². The van der Waals surface area contributed by atoms with Gasteiger partial charge in [0.05, 0.1) is 11.4 Å². The minimum Gasteiger partial charge on any atom is -0.366 e. The fourth-order valence-electron chi connectivity index (χ4n) is 2.43. The van der Waals surface area contributed by atoms with Gasteiger partial charge >= 0.3 is 0 Å². The van der Waals surface area contributed by atoms with Crippen LogP contribution < -0.4 is 4.90 Å². The predicted molar refractivity (Wildman–Crippen MR) is 79.2 cm³/mol. The Morgan fingerprint density at radius 3 is 2.57 bits per heavy atom. The van der Waals surface area contributed by atoms with E-state index in [2.05, 4.69) is 9.59 Å². The van der Waals surface area contributed by atoms with Crippen LogP contribution in [-0.2, 0) is 0 Å². The summed E-state index contributed by atoms with van der Waals surface area (Å²) in [5.41, 5.74) is 1.27. The number of benzene rings is 1. The molecule has 5 nitrogen and oxygen atoms in total. The lowest BCUT2D eigenvalue weighted by molar-refractivity contribution is 0.0750. The maximum atomic E-state index is 13.8. The van der Waals surface area contributed by atoms with Gasteiger partial charge in [-0.3, -0.25) is 4.79 Å². The molecule has 1 amide bonds. The van der Waals surface area contributed by atoms with Crippen molar-refractivity contribution in [2.24, 2.45) is 0 Å². The van der Waals surface area contributed by atoms with Crippen LogP contribution in [-0.4, -0.2) is 46.6 Å². The molecule has 1 aromatic heterocycles. The molecule has 0 atom stereocenters. The summed E-state index contributed by atoms with van der Waals surface area (Å²) in [6.07, 6.45) is 0. The molecule has 21 heavy (non-hydrogen) atoms. The highest BCUT2D eigenvalue weighted by atomic mass is 32.1. The number of aryl methyl sites for hydroxylation is 1. The van der Waals surface area contributed by atoms with Crippen LogP contribution in [0.1, 0.15) is 15.4 Å². The van der Waals surface area contributed by atoms with Crippen LogP contribution in [0.4, 0.5) is 10.1 Å². The van der Waals surface area contributed by atoms with Gasteiger partial charge in [-0.25, -0.2) is 4.39 Å². The van der Waals surface area contributed by atoms with E-state index in [9.17, 15) is 9.18 Å². The zero-order valence-electron chi connectivity index (χ0n) is 11.6. The Morgan fingerprint density at radius 2 is 1.95 bits per heavy atom. The lowest BCUT2D eigenvalue weighted by Gasteiger charge is -2.36. The molecule has 110 valence electrons. The number of piperazine rings is 1. The maximum Gasteiger partial charge on any atom is 0.267 e. The van der Waals surface area contributed by atoms with E-state index in [4.69, 9.17) is 0 Å². The van der Waals surface area contributed by atoms with E-state index in [-0.39, 0.29) is 11.7 Å². The summed E-state index contributed by atoms with van der Waals surface area (Å²) in [5.74, 6) is -0.254. The van der Waals surface area contributed by atoms with Gasteiger partial charge < -0.3 is 9.80 Å². The number of carbonyl (C=O) groups is 1. The number of para-hydroxylation sites is 1. The first-order valence-electron chi connectivity index (χ1n) is 6.74. The first-order chi connectivity index (χ1) is 10.2. The van der Waals surface area contributed by atoms with Gasteiger partial charge in [0.25, 0.3) is 5.91 Å². The monoisotopic (exact) mass is 306 g/mol. The van der Waals surface area contributed by atoms with Crippen LogP contribution in [0.5, 0.6) is 0 Å². The molecule has 0 N–H and O–H groups in total. The average Bonchev–Trinajstić information content (AvgIpc) is 2.93. The van der Waals surface area contributed by atoms with Gasteiger partial charge in [-0.1, -0.05) is 16.6 Å². The molecular formula is C14H15FN4OS. The Labute approximate surface area is 126 Å². The standard InChI is InChI=1S/C14H15FN4OS/c1-10-13(21-17-16-10)14(20)19-8-6-18(7-9-19)12-5-3-2-4-11(12)15/h2-5H,6-9H2,1H3. The predicted octanol–water partition coefficient (Wildman–Crippen LogP) is 1.95. The molecule has 0 bridgehead atoms. The van der Waals surface area contributed by atoms with E-state index in [0.29, 0.717) is 42.4 Å². The fourth-order valence-corrected chi connectivity index (χ4v) is 3.06. The Hall–Kier alpha value is -2.02. The number of carbonyl (C=O) groups excluding carboxylic acids is 1. The third kappa shape index (κ3) is 2.73. The van der Waals surface area contributed by atoms with Crippen molar-refractivity contribution in [3.63, 3.8) is 0 Å². The highest BCUT2D eigenvalue weighted by molar-refractivity contribution is 7.07. The van der Waals surface area contributed by atoms with Crippen molar-refractivity contribution in [1.82, 2.24) is 14.5 Å². The number of amides is 1. The highest BCUT2D eigenvalue weighted by Gasteiger charge is 2.25. The van der Waals surface area contributed by atoms with Crippen LogP contribution >= 0.6 is 11.5 Å². The number of rotatable bonds is 2. The molecule has 1 aliphatic heterocycles. The second kappa shape index (κ2) is 5.77. The second-order valence-electron chi connectivity index (χ2n) is 4.92. The molecule has 0 aliphatic carbocycles. The van der Waals surface area contributed by atoms with Crippen molar-refractivity contribution in [3.05, 3.63) is 40.7 Å². The van der Waals surface area contributed by atoms with Crippen molar-refractivity contribution in [1.29, 1.82) is 0 Å². The topological polar surface area (TPSA) is 49.3 Å².